The van der Waals surface area contributed by atoms with E-state index in [9.17, 15) is 0 Å². The van der Waals surface area contributed by atoms with Crippen molar-refractivity contribution >= 4 is 109 Å². The standard InChI is InChI=1S/C63H38N2O3/c1-63(2)46-21-8-3-18-43(46)56-47(63)22-14-25-50(56)65-49-24-13-20-38(55(49)45-32-31-41-37-17-6-11-27-53(37)68-62(41)59(45)65)42-33-34-51(57-44-19-7-12-28-54(44)66-60(42)57)64-48-23-9-4-15-35(48)39-29-30-40-36-16-5-10-26-52(36)67-61(40)58(39)64/h3-34H,1-2H3. The molecule has 5 heteroatoms. The summed E-state index contributed by atoms with van der Waals surface area (Å²) < 4.78 is 25.8. The first-order valence-corrected chi connectivity index (χ1v) is 23.4. The molecule has 15 aromatic rings. The molecule has 0 N–H and O–H groups in total. The third-order valence-corrected chi connectivity index (χ3v) is 15.3. The average Bonchev–Trinajstić information content (AvgIpc) is 4.23. The average molecular weight is 871 g/mol. The van der Waals surface area contributed by atoms with Crippen LogP contribution in [0.5, 0.6) is 0 Å². The molecule has 0 unspecified atom stereocenters. The smallest absolute Gasteiger partial charge is 0.160 e. The molecule has 5 aromatic heterocycles. The van der Waals surface area contributed by atoms with Gasteiger partial charge in [0, 0.05) is 65.0 Å². The maximum absolute atomic E-state index is 7.16. The Morgan fingerprint density at radius 3 is 1.62 bits per heavy atom. The van der Waals surface area contributed by atoms with Crippen molar-refractivity contribution in [2.24, 2.45) is 0 Å². The van der Waals surface area contributed by atoms with Crippen molar-refractivity contribution in [3.63, 3.8) is 0 Å². The van der Waals surface area contributed by atoms with Gasteiger partial charge in [0.25, 0.3) is 0 Å². The molecule has 0 radical (unpaired) electrons. The van der Waals surface area contributed by atoms with Gasteiger partial charge in [0.05, 0.1) is 38.8 Å². The summed E-state index contributed by atoms with van der Waals surface area (Å²) in [7, 11) is 0. The normalized spacial score (nSPS) is 13.6. The molecule has 0 bridgehead atoms. The number of fused-ring (bicyclic) bond motifs is 20. The SMILES string of the molecule is CC1(C)c2ccccc2-c2c(-n3c4cccc(-c5ccc(-n6c7ccccc7c7ccc8c9ccccc9oc8c76)c6c5oc5ccccc56)c4c4ccc5c6ccccc6oc5c43)cccc21. The van der Waals surface area contributed by atoms with E-state index in [4.69, 9.17) is 13.3 Å². The number of benzene rings is 10. The van der Waals surface area contributed by atoms with Crippen LogP contribution in [0.25, 0.3) is 143 Å². The fourth-order valence-corrected chi connectivity index (χ4v) is 12.4. The minimum Gasteiger partial charge on any atom is -0.455 e. The van der Waals surface area contributed by atoms with Gasteiger partial charge in [0.15, 0.2) is 11.2 Å². The zero-order valence-electron chi connectivity index (χ0n) is 37.1. The zero-order chi connectivity index (χ0) is 44.6. The largest absolute Gasteiger partial charge is 0.455 e. The Hall–Kier alpha value is -8.80. The highest BCUT2D eigenvalue weighted by molar-refractivity contribution is 6.27. The number of nitrogens with zero attached hydrogens (tertiary/aromatic N) is 2. The van der Waals surface area contributed by atoms with Crippen LogP contribution in [0.15, 0.2) is 207 Å². The summed E-state index contributed by atoms with van der Waals surface area (Å²) in [5, 5.41) is 11.1. The van der Waals surface area contributed by atoms with Gasteiger partial charge in [0.1, 0.15) is 22.3 Å². The Morgan fingerprint density at radius 2 is 0.853 bits per heavy atom. The third-order valence-electron chi connectivity index (χ3n) is 15.3. The van der Waals surface area contributed by atoms with Gasteiger partial charge in [-0.25, -0.2) is 0 Å². The Morgan fingerprint density at radius 1 is 0.324 bits per heavy atom. The molecule has 68 heavy (non-hydrogen) atoms. The second kappa shape index (κ2) is 12.8. The number of hydrogen-bond acceptors (Lipinski definition) is 3. The summed E-state index contributed by atoms with van der Waals surface area (Å²) in [6, 6.07) is 70.0. The highest BCUT2D eigenvalue weighted by Crippen LogP contribution is 2.54. The predicted octanol–water partition coefficient (Wildman–Crippen LogP) is 17.6. The van der Waals surface area contributed by atoms with Crippen molar-refractivity contribution in [3.8, 4) is 33.6 Å². The van der Waals surface area contributed by atoms with Crippen LogP contribution in [0.2, 0.25) is 0 Å². The number of para-hydroxylation sites is 4. The lowest BCUT2D eigenvalue weighted by Gasteiger charge is -2.22. The predicted molar refractivity (Wildman–Crippen MR) is 280 cm³/mol. The van der Waals surface area contributed by atoms with E-state index >= 15 is 0 Å². The quantitative estimate of drug-likeness (QED) is 0.178. The van der Waals surface area contributed by atoms with Crippen molar-refractivity contribution in [3.05, 3.63) is 205 Å². The van der Waals surface area contributed by atoms with E-state index in [0.717, 1.165) is 127 Å². The van der Waals surface area contributed by atoms with E-state index in [1.165, 1.54) is 27.6 Å². The number of rotatable bonds is 3. The summed E-state index contributed by atoms with van der Waals surface area (Å²) >= 11 is 0. The van der Waals surface area contributed by atoms with Gasteiger partial charge in [-0.15, -0.1) is 0 Å². The number of aromatic nitrogens is 2. The molecular formula is C63H38N2O3. The molecule has 0 aliphatic heterocycles. The van der Waals surface area contributed by atoms with Crippen LogP contribution in [0, 0.1) is 0 Å². The molecule has 0 amide bonds. The van der Waals surface area contributed by atoms with E-state index in [2.05, 4.69) is 211 Å². The molecular weight excluding hydrogens is 833 g/mol. The zero-order valence-corrected chi connectivity index (χ0v) is 37.1. The molecule has 1 aliphatic rings. The second-order valence-electron chi connectivity index (χ2n) is 19.1. The molecule has 5 heterocycles. The Kier molecular flexibility index (Phi) is 6.83. The lowest BCUT2D eigenvalue weighted by atomic mass is 9.82. The fourth-order valence-electron chi connectivity index (χ4n) is 12.4. The first kappa shape index (κ1) is 36.4. The second-order valence-corrected chi connectivity index (χ2v) is 19.1. The summed E-state index contributed by atoms with van der Waals surface area (Å²) in [5.74, 6) is 0. The lowest BCUT2D eigenvalue weighted by molar-refractivity contribution is 0.660. The minimum absolute atomic E-state index is 0.165. The first-order chi connectivity index (χ1) is 33.5. The maximum Gasteiger partial charge on any atom is 0.160 e. The maximum atomic E-state index is 7.16. The summed E-state index contributed by atoms with van der Waals surface area (Å²) in [6.45, 7) is 4.70. The molecule has 10 aromatic carbocycles. The Labute approximate surface area is 388 Å². The van der Waals surface area contributed by atoms with E-state index in [1.807, 2.05) is 6.07 Å². The van der Waals surface area contributed by atoms with Gasteiger partial charge in [0.2, 0.25) is 0 Å². The van der Waals surface area contributed by atoms with Crippen LogP contribution in [-0.4, -0.2) is 9.13 Å². The van der Waals surface area contributed by atoms with Gasteiger partial charge in [-0.05, 0) is 82.9 Å². The van der Waals surface area contributed by atoms with E-state index < -0.39 is 0 Å². The highest BCUT2D eigenvalue weighted by atomic mass is 16.3. The monoisotopic (exact) mass is 870 g/mol. The van der Waals surface area contributed by atoms with Crippen molar-refractivity contribution < 1.29 is 13.3 Å². The van der Waals surface area contributed by atoms with Gasteiger partial charge >= 0.3 is 0 Å². The van der Waals surface area contributed by atoms with E-state index in [-0.39, 0.29) is 5.41 Å². The molecule has 318 valence electrons. The van der Waals surface area contributed by atoms with Crippen molar-refractivity contribution in [2.45, 2.75) is 19.3 Å². The van der Waals surface area contributed by atoms with Crippen LogP contribution in [-0.2, 0) is 5.41 Å². The first-order valence-electron chi connectivity index (χ1n) is 23.4. The molecule has 0 fully saturated rings. The summed E-state index contributed by atoms with van der Waals surface area (Å²) in [5.41, 5.74) is 18.8. The van der Waals surface area contributed by atoms with Crippen LogP contribution in [0.1, 0.15) is 25.0 Å². The van der Waals surface area contributed by atoms with E-state index in [0.29, 0.717) is 0 Å². The van der Waals surface area contributed by atoms with Crippen molar-refractivity contribution in [1.29, 1.82) is 0 Å². The fraction of sp³-hybridized carbons (Fsp3) is 0.0476. The highest BCUT2D eigenvalue weighted by Gasteiger charge is 2.37. The Balaban J connectivity index is 1.04. The van der Waals surface area contributed by atoms with Crippen molar-refractivity contribution in [2.75, 3.05) is 0 Å². The molecule has 0 saturated heterocycles. The number of furan rings is 3. The van der Waals surface area contributed by atoms with Crippen LogP contribution >= 0.6 is 0 Å². The van der Waals surface area contributed by atoms with Crippen LogP contribution in [0.3, 0.4) is 0 Å². The summed E-state index contributed by atoms with van der Waals surface area (Å²) in [6.07, 6.45) is 0. The molecule has 16 rings (SSSR count). The minimum atomic E-state index is -0.165. The summed E-state index contributed by atoms with van der Waals surface area (Å²) in [4.78, 5) is 0. The lowest BCUT2D eigenvalue weighted by Crippen LogP contribution is -2.14. The topological polar surface area (TPSA) is 49.3 Å². The number of hydrogen-bond donors (Lipinski definition) is 0. The molecule has 5 nitrogen and oxygen atoms in total. The molecule has 0 atom stereocenters. The molecule has 0 spiro atoms. The van der Waals surface area contributed by atoms with Crippen molar-refractivity contribution in [1.82, 2.24) is 9.13 Å². The molecule has 1 aliphatic carbocycles. The van der Waals surface area contributed by atoms with Gasteiger partial charge in [-0.3, -0.25) is 0 Å². The van der Waals surface area contributed by atoms with Gasteiger partial charge in [-0.1, -0.05) is 147 Å². The van der Waals surface area contributed by atoms with Crippen LogP contribution in [0.4, 0.5) is 0 Å². The van der Waals surface area contributed by atoms with E-state index in [1.54, 1.807) is 0 Å². The third kappa shape index (κ3) is 4.46. The van der Waals surface area contributed by atoms with Crippen LogP contribution < -0.4 is 0 Å². The molecule has 0 saturated carbocycles. The van der Waals surface area contributed by atoms with Gasteiger partial charge in [-0.2, -0.15) is 0 Å². The Bertz CT molecular complexity index is 4720. The van der Waals surface area contributed by atoms with Gasteiger partial charge < -0.3 is 22.4 Å².